The highest BCUT2D eigenvalue weighted by molar-refractivity contribution is 7.92. The average Bonchev–Trinajstić information content (AvgIpc) is 3.72. The molecule has 7 nitrogen and oxygen atoms in total. The molecule has 1 aromatic carbocycles. The number of hydrogen-bond acceptors (Lipinski definition) is 7. The normalized spacial score (nSPS) is 21.0. The fraction of sp³-hybridized carbons (Fsp3) is 0.440. The molecule has 0 saturated heterocycles. The van der Waals surface area contributed by atoms with Gasteiger partial charge in [-0.05, 0) is 67.2 Å². The van der Waals surface area contributed by atoms with Crippen molar-refractivity contribution in [2.45, 2.75) is 67.9 Å². The summed E-state index contributed by atoms with van der Waals surface area (Å²) in [5.74, 6) is -0.186. The molecule has 3 aliphatic rings. The molecule has 1 heterocycles. The number of carbonyl (C=O) groups is 3. The summed E-state index contributed by atoms with van der Waals surface area (Å²) in [5, 5.41) is 2.81. The van der Waals surface area contributed by atoms with Crippen molar-refractivity contribution in [2.24, 2.45) is 5.92 Å². The number of amides is 1. The number of anilines is 1. The number of carbonyl (C=O) groups excluding carboxylic acids is 3. The second-order valence-electron chi connectivity index (χ2n) is 9.43. The first-order valence-electron chi connectivity index (χ1n) is 11.6. The second kappa shape index (κ2) is 8.85. The van der Waals surface area contributed by atoms with Gasteiger partial charge in [0.1, 0.15) is 5.78 Å². The maximum absolute atomic E-state index is 13.4. The molecule has 1 aromatic heterocycles. The topological polar surface area (TPSA) is 110 Å². The van der Waals surface area contributed by atoms with E-state index < -0.39 is 9.84 Å². The lowest BCUT2D eigenvalue weighted by atomic mass is 9.96. The molecule has 0 aliphatic heterocycles. The number of thiazole rings is 1. The van der Waals surface area contributed by atoms with Crippen LogP contribution in [0.1, 0.15) is 78.6 Å². The minimum Gasteiger partial charge on any atom is -0.300 e. The molecule has 3 aliphatic carbocycles. The van der Waals surface area contributed by atoms with E-state index in [2.05, 4.69) is 10.3 Å². The van der Waals surface area contributed by atoms with Gasteiger partial charge in [-0.2, -0.15) is 0 Å². The van der Waals surface area contributed by atoms with Crippen molar-refractivity contribution < 1.29 is 22.8 Å². The lowest BCUT2D eigenvalue weighted by Gasteiger charge is -2.15. The smallest absolute Gasteiger partial charge is 0.257 e. The molecule has 5 rings (SSSR count). The van der Waals surface area contributed by atoms with Crippen molar-refractivity contribution >= 4 is 49.4 Å². The summed E-state index contributed by atoms with van der Waals surface area (Å²) in [6.45, 7) is 1.44. The van der Waals surface area contributed by atoms with Gasteiger partial charge in [-0.15, -0.1) is 0 Å². The van der Waals surface area contributed by atoms with E-state index in [-0.39, 0.29) is 34.6 Å². The maximum Gasteiger partial charge on any atom is 0.257 e. The Hall–Kier alpha value is -2.65. The predicted molar refractivity (Wildman–Crippen MR) is 130 cm³/mol. The molecule has 9 heteroatoms. The van der Waals surface area contributed by atoms with Gasteiger partial charge in [-0.25, -0.2) is 13.4 Å². The monoisotopic (exact) mass is 498 g/mol. The number of nitrogens with zero attached hydrogens (tertiary/aromatic N) is 1. The van der Waals surface area contributed by atoms with Crippen molar-refractivity contribution in [2.75, 3.05) is 5.32 Å². The number of rotatable bonds is 8. The van der Waals surface area contributed by atoms with Crippen molar-refractivity contribution in [3.8, 4) is 0 Å². The number of aromatic nitrogens is 1. The molecule has 0 radical (unpaired) electrons. The Kier molecular flexibility index (Phi) is 6.02. The van der Waals surface area contributed by atoms with Crippen molar-refractivity contribution in [3.05, 3.63) is 46.5 Å². The lowest BCUT2D eigenvalue weighted by molar-refractivity contribution is -0.117. The van der Waals surface area contributed by atoms with Crippen LogP contribution >= 0.6 is 11.3 Å². The highest BCUT2D eigenvalue weighted by atomic mass is 32.2. The van der Waals surface area contributed by atoms with Crippen molar-refractivity contribution in [1.82, 2.24) is 4.98 Å². The third-order valence-corrected chi connectivity index (χ3v) is 9.96. The third kappa shape index (κ3) is 4.77. The molecule has 34 heavy (non-hydrogen) atoms. The number of nitrogens with one attached hydrogen (secondary N) is 1. The van der Waals surface area contributed by atoms with E-state index in [0.717, 1.165) is 29.7 Å². The first-order chi connectivity index (χ1) is 16.2. The van der Waals surface area contributed by atoms with Crippen LogP contribution in [0.2, 0.25) is 0 Å². The summed E-state index contributed by atoms with van der Waals surface area (Å²) in [4.78, 5) is 41.8. The average molecular weight is 499 g/mol. The predicted octanol–water partition coefficient (Wildman–Crippen LogP) is 4.55. The summed E-state index contributed by atoms with van der Waals surface area (Å²) in [5.41, 5.74) is 1.83. The fourth-order valence-electron chi connectivity index (χ4n) is 4.43. The summed E-state index contributed by atoms with van der Waals surface area (Å²) < 4.78 is 26.0. The quantitative estimate of drug-likeness (QED) is 0.422. The van der Waals surface area contributed by atoms with Crippen LogP contribution in [0.4, 0.5) is 5.13 Å². The first kappa shape index (κ1) is 23.1. The van der Waals surface area contributed by atoms with Crippen LogP contribution in [0.25, 0.3) is 5.57 Å². The van der Waals surface area contributed by atoms with Gasteiger partial charge in [0.2, 0.25) is 0 Å². The zero-order chi connectivity index (χ0) is 24.0. The molecule has 0 spiro atoms. The minimum atomic E-state index is -3.35. The Balaban J connectivity index is 1.51. The van der Waals surface area contributed by atoms with Crippen LogP contribution in [-0.2, 0) is 19.4 Å². The number of sulfone groups is 1. The highest BCUT2D eigenvalue weighted by Gasteiger charge is 2.40. The molecular weight excluding hydrogens is 472 g/mol. The third-order valence-electron chi connectivity index (χ3n) is 6.61. The van der Waals surface area contributed by atoms with E-state index in [1.807, 2.05) is 12.1 Å². The van der Waals surface area contributed by atoms with Crippen LogP contribution in [0, 0.1) is 5.92 Å². The SMILES string of the molecule is CC(=O)c1cnc(NC(=O)/C(=C/[C@H]2CCC(=O)C2)c2ccc(S(=O)(=O)C3CC3)c(C3CC3)c2)s1. The highest BCUT2D eigenvalue weighted by Crippen LogP contribution is 2.46. The molecule has 0 unspecified atom stereocenters. The number of hydrogen-bond donors (Lipinski definition) is 1. The van der Waals surface area contributed by atoms with Gasteiger partial charge in [-0.1, -0.05) is 23.5 Å². The van der Waals surface area contributed by atoms with Crippen LogP contribution in [0.5, 0.6) is 0 Å². The minimum absolute atomic E-state index is 0.0448. The Morgan fingerprint density at radius 1 is 1.15 bits per heavy atom. The lowest BCUT2D eigenvalue weighted by Crippen LogP contribution is -2.15. The van der Waals surface area contributed by atoms with Gasteiger partial charge in [0.05, 0.1) is 21.2 Å². The summed E-state index contributed by atoms with van der Waals surface area (Å²) in [6, 6.07) is 5.19. The summed E-state index contributed by atoms with van der Waals surface area (Å²) in [7, 11) is -3.35. The van der Waals surface area contributed by atoms with Gasteiger partial charge in [0.25, 0.3) is 5.91 Å². The van der Waals surface area contributed by atoms with Crippen molar-refractivity contribution in [3.63, 3.8) is 0 Å². The van der Waals surface area contributed by atoms with E-state index in [1.54, 1.807) is 12.1 Å². The molecule has 2 aromatic rings. The fourth-order valence-corrected chi connectivity index (χ4v) is 7.06. The summed E-state index contributed by atoms with van der Waals surface area (Å²) >= 11 is 1.11. The van der Waals surface area contributed by atoms with Crippen LogP contribution < -0.4 is 5.32 Å². The Morgan fingerprint density at radius 3 is 2.50 bits per heavy atom. The van der Waals surface area contributed by atoms with Gasteiger partial charge in [0, 0.05) is 25.3 Å². The largest absolute Gasteiger partial charge is 0.300 e. The van der Waals surface area contributed by atoms with Crippen LogP contribution in [0.3, 0.4) is 0 Å². The van der Waals surface area contributed by atoms with E-state index >= 15 is 0 Å². The van der Waals surface area contributed by atoms with Gasteiger partial charge in [0.15, 0.2) is 20.8 Å². The van der Waals surface area contributed by atoms with Crippen LogP contribution in [0.15, 0.2) is 35.4 Å². The maximum atomic E-state index is 13.4. The Bertz CT molecular complexity index is 1320. The standard InChI is InChI=1S/C25H26N2O5S2/c1-14(28)22-13-26-25(33-22)27-24(30)21(11-15-2-6-18(29)10-15)17-5-9-23(20(12-17)16-3-4-16)34(31,32)19-7-8-19/h5,9,11-13,15-16,19H,2-4,6-8,10H2,1H3,(H,26,27,30)/b21-11+/t15-/m0/s1. The molecule has 1 N–H and O–H groups in total. The van der Waals surface area contributed by atoms with E-state index in [0.29, 0.717) is 58.1 Å². The number of allylic oxidation sites excluding steroid dienone is 1. The van der Waals surface area contributed by atoms with E-state index in [4.69, 9.17) is 0 Å². The first-order valence-corrected chi connectivity index (χ1v) is 14.0. The number of benzene rings is 1. The van der Waals surface area contributed by atoms with Gasteiger partial charge in [-0.3, -0.25) is 19.7 Å². The molecule has 3 fully saturated rings. The molecule has 0 bridgehead atoms. The van der Waals surface area contributed by atoms with Gasteiger partial charge < -0.3 is 0 Å². The van der Waals surface area contributed by atoms with E-state index in [1.165, 1.54) is 13.1 Å². The Morgan fingerprint density at radius 2 is 1.91 bits per heavy atom. The molecule has 1 amide bonds. The number of ketones is 2. The summed E-state index contributed by atoms with van der Waals surface area (Å²) in [6.07, 6.45) is 8.12. The van der Waals surface area contributed by atoms with E-state index in [9.17, 15) is 22.8 Å². The molecule has 3 saturated carbocycles. The number of Topliss-reactive ketones (excluding diaryl/α,β-unsaturated/α-hetero) is 2. The van der Waals surface area contributed by atoms with Gasteiger partial charge >= 0.3 is 0 Å². The zero-order valence-corrected chi connectivity index (χ0v) is 20.5. The molecular formula is C25H26N2O5S2. The zero-order valence-electron chi connectivity index (χ0n) is 18.9. The molecule has 1 atom stereocenters. The van der Waals surface area contributed by atoms with Crippen LogP contribution in [-0.4, -0.2) is 36.1 Å². The Labute approximate surface area is 202 Å². The second-order valence-corrected chi connectivity index (χ2v) is 12.7. The van der Waals surface area contributed by atoms with Crippen molar-refractivity contribution in [1.29, 1.82) is 0 Å². The molecule has 178 valence electrons.